The summed E-state index contributed by atoms with van der Waals surface area (Å²) >= 11 is 0. The molecule has 0 fully saturated rings. The summed E-state index contributed by atoms with van der Waals surface area (Å²) in [4.78, 5) is 0. The number of rotatable bonds is 3. The Kier molecular flexibility index (Phi) is 5.90. The van der Waals surface area contributed by atoms with Crippen LogP contribution in [0.2, 0.25) is 0 Å². The third-order valence-corrected chi connectivity index (χ3v) is 12.4. The van der Waals surface area contributed by atoms with E-state index in [1.165, 1.54) is 98.7 Å². The van der Waals surface area contributed by atoms with E-state index in [4.69, 9.17) is 4.74 Å². The summed E-state index contributed by atoms with van der Waals surface area (Å²) < 4.78 is 6.66. The summed E-state index contributed by atoms with van der Waals surface area (Å²) in [6.07, 6.45) is 0. The van der Waals surface area contributed by atoms with Gasteiger partial charge in [0, 0.05) is 16.4 Å². The first-order valence-electron chi connectivity index (χ1n) is 18.9. The fourth-order valence-corrected chi connectivity index (χ4v) is 9.75. The number of hydrogen-bond acceptors (Lipinski definition) is 1. The quantitative estimate of drug-likeness (QED) is 0.168. The lowest BCUT2D eigenvalue weighted by Crippen LogP contribution is -2.15. The van der Waals surface area contributed by atoms with Gasteiger partial charge in [0.05, 0.1) is 0 Å². The van der Waals surface area contributed by atoms with Gasteiger partial charge in [0.2, 0.25) is 0 Å². The molecule has 54 heavy (non-hydrogen) atoms. The minimum atomic E-state index is -0.161. The van der Waals surface area contributed by atoms with Gasteiger partial charge in [0.25, 0.3) is 0 Å². The van der Waals surface area contributed by atoms with Gasteiger partial charge < -0.3 is 4.74 Å². The first kappa shape index (κ1) is 29.8. The molecule has 0 amide bonds. The normalized spacial score (nSPS) is 13.7. The molecule has 1 heterocycles. The van der Waals surface area contributed by atoms with Crippen molar-refractivity contribution in [3.63, 3.8) is 0 Å². The summed E-state index contributed by atoms with van der Waals surface area (Å²) in [5, 5.41) is 10.3. The molecule has 1 nitrogen and oxygen atoms in total. The topological polar surface area (TPSA) is 9.23 Å². The molecule has 0 unspecified atom stereocenters. The molecule has 0 spiro atoms. The highest BCUT2D eigenvalue weighted by atomic mass is 16.5. The molecule has 0 saturated heterocycles. The number of ether oxygens (including phenoxy) is 1. The molecule has 1 heteroatoms. The Hall–Kier alpha value is -6.70. The molecule has 10 aromatic rings. The van der Waals surface area contributed by atoms with Crippen molar-refractivity contribution < 1.29 is 4.74 Å². The largest absolute Gasteiger partial charge is 0.456 e. The van der Waals surface area contributed by atoms with Crippen LogP contribution in [0.1, 0.15) is 25.0 Å². The summed E-state index contributed by atoms with van der Waals surface area (Å²) in [5.41, 5.74) is 15.0. The van der Waals surface area contributed by atoms with Crippen LogP contribution in [0, 0.1) is 0 Å². The molecule has 0 atom stereocenters. The average Bonchev–Trinajstić information content (AvgIpc) is 3.45. The van der Waals surface area contributed by atoms with Crippen molar-refractivity contribution in [3.8, 4) is 67.1 Å². The van der Waals surface area contributed by atoms with Crippen LogP contribution < -0.4 is 4.74 Å². The fourth-order valence-electron chi connectivity index (χ4n) is 9.75. The van der Waals surface area contributed by atoms with Crippen LogP contribution >= 0.6 is 0 Å². The fraction of sp³-hybridized carbons (Fsp3) is 0.0566. The zero-order valence-electron chi connectivity index (χ0n) is 30.1. The van der Waals surface area contributed by atoms with Crippen molar-refractivity contribution in [1.82, 2.24) is 0 Å². The second-order valence-electron chi connectivity index (χ2n) is 15.6. The van der Waals surface area contributed by atoms with Gasteiger partial charge in [0.15, 0.2) is 0 Å². The predicted octanol–water partition coefficient (Wildman–Crippen LogP) is 14.8. The SMILES string of the molecule is CC1(C)c2cc(-c3ccc4c5c(cccc35)-c3ccc(-c5ccccc5)cc3O4)ccc2-c2ccc(-c3ccc4ccc5cccc6ccc3c4c56)cc21. The summed E-state index contributed by atoms with van der Waals surface area (Å²) in [5.74, 6) is 1.82. The van der Waals surface area contributed by atoms with E-state index in [0.29, 0.717) is 0 Å². The predicted molar refractivity (Wildman–Crippen MR) is 227 cm³/mol. The minimum Gasteiger partial charge on any atom is -0.456 e. The Balaban J connectivity index is 0.954. The maximum atomic E-state index is 6.66. The van der Waals surface area contributed by atoms with Gasteiger partial charge >= 0.3 is 0 Å². The average molecular weight is 687 g/mol. The first-order valence-corrected chi connectivity index (χ1v) is 18.9. The smallest absolute Gasteiger partial charge is 0.135 e. The van der Waals surface area contributed by atoms with Gasteiger partial charge in [-0.3, -0.25) is 0 Å². The third-order valence-electron chi connectivity index (χ3n) is 12.4. The zero-order valence-corrected chi connectivity index (χ0v) is 30.1. The van der Waals surface area contributed by atoms with E-state index in [1.807, 2.05) is 0 Å². The zero-order chi connectivity index (χ0) is 35.7. The van der Waals surface area contributed by atoms with Crippen LogP contribution in [0.15, 0.2) is 170 Å². The van der Waals surface area contributed by atoms with Crippen LogP contribution in [-0.4, -0.2) is 0 Å². The molecule has 0 radical (unpaired) electrons. The van der Waals surface area contributed by atoms with Crippen molar-refractivity contribution in [2.75, 3.05) is 0 Å². The van der Waals surface area contributed by atoms with Crippen molar-refractivity contribution in [2.24, 2.45) is 0 Å². The lowest BCUT2D eigenvalue weighted by molar-refractivity contribution is 0.487. The molecule has 0 saturated carbocycles. The van der Waals surface area contributed by atoms with Gasteiger partial charge in [-0.2, -0.15) is 0 Å². The number of benzene rings is 10. The second-order valence-corrected chi connectivity index (χ2v) is 15.6. The standard InChI is InChI=1S/C53H34O/c1-53(2)46-28-36(38-21-16-34-15-14-32-10-6-11-33-17-25-45(38)51(34)50(32)33)19-22-40(46)41-23-20-37(29-47(41)53)39-26-27-48-52-43(39)12-7-13-44(52)42-24-18-35(30-49(42)54-48)31-8-4-3-5-9-31/h3-30H,1-2H3. The Morgan fingerprint density at radius 1 is 0.333 bits per heavy atom. The highest BCUT2D eigenvalue weighted by molar-refractivity contribution is 6.25. The van der Waals surface area contributed by atoms with Crippen molar-refractivity contribution in [1.29, 1.82) is 0 Å². The summed E-state index contributed by atoms with van der Waals surface area (Å²) in [7, 11) is 0. The lowest BCUT2D eigenvalue weighted by Gasteiger charge is -2.24. The monoisotopic (exact) mass is 686 g/mol. The third kappa shape index (κ3) is 4.04. The number of fused-ring (bicyclic) bond motifs is 5. The highest BCUT2D eigenvalue weighted by Crippen LogP contribution is 2.53. The molecule has 10 aromatic carbocycles. The van der Waals surface area contributed by atoms with Gasteiger partial charge in [0.1, 0.15) is 11.5 Å². The van der Waals surface area contributed by atoms with Gasteiger partial charge in [-0.1, -0.05) is 153 Å². The Morgan fingerprint density at radius 3 is 1.65 bits per heavy atom. The second kappa shape index (κ2) is 10.7. The Labute approximate surface area is 314 Å². The van der Waals surface area contributed by atoms with E-state index < -0.39 is 0 Å². The van der Waals surface area contributed by atoms with E-state index in [9.17, 15) is 0 Å². The minimum absolute atomic E-state index is 0.161. The van der Waals surface area contributed by atoms with Crippen LogP contribution in [0.3, 0.4) is 0 Å². The van der Waals surface area contributed by atoms with Crippen molar-refractivity contribution >= 4 is 43.1 Å². The van der Waals surface area contributed by atoms with Crippen molar-refractivity contribution in [3.05, 3.63) is 181 Å². The first-order chi connectivity index (χ1) is 26.5. The van der Waals surface area contributed by atoms with Gasteiger partial charge in [-0.05, 0) is 129 Å². The van der Waals surface area contributed by atoms with E-state index in [-0.39, 0.29) is 5.41 Å². The maximum absolute atomic E-state index is 6.66. The van der Waals surface area contributed by atoms with Crippen LogP contribution in [0.25, 0.3) is 98.7 Å². The number of hydrogen-bond donors (Lipinski definition) is 0. The van der Waals surface area contributed by atoms with Crippen LogP contribution in [0.5, 0.6) is 11.5 Å². The Morgan fingerprint density at radius 2 is 0.907 bits per heavy atom. The summed E-state index contributed by atoms with van der Waals surface area (Å²) in [6.45, 7) is 4.78. The molecule has 1 aliphatic heterocycles. The van der Waals surface area contributed by atoms with Crippen LogP contribution in [0.4, 0.5) is 0 Å². The molecule has 252 valence electrons. The molecule has 2 aliphatic rings. The van der Waals surface area contributed by atoms with Crippen LogP contribution in [-0.2, 0) is 5.41 Å². The molecule has 0 N–H and O–H groups in total. The molecular formula is C53H34O. The summed E-state index contributed by atoms with van der Waals surface area (Å²) in [6, 6.07) is 62.8. The van der Waals surface area contributed by atoms with E-state index in [0.717, 1.165) is 22.6 Å². The molecule has 1 aliphatic carbocycles. The van der Waals surface area contributed by atoms with E-state index in [2.05, 4.69) is 184 Å². The molecule has 12 rings (SSSR count). The maximum Gasteiger partial charge on any atom is 0.135 e. The van der Waals surface area contributed by atoms with E-state index >= 15 is 0 Å². The van der Waals surface area contributed by atoms with E-state index in [1.54, 1.807) is 0 Å². The molecule has 0 bridgehead atoms. The molecular weight excluding hydrogens is 653 g/mol. The van der Waals surface area contributed by atoms with Crippen molar-refractivity contribution in [2.45, 2.75) is 19.3 Å². The highest BCUT2D eigenvalue weighted by Gasteiger charge is 2.36. The lowest BCUT2D eigenvalue weighted by atomic mass is 9.80. The molecule has 0 aromatic heterocycles. The van der Waals surface area contributed by atoms with Gasteiger partial charge in [-0.15, -0.1) is 0 Å². The Bertz CT molecular complexity index is 3190. The van der Waals surface area contributed by atoms with Gasteiger partial charge in [-0.25, -0.2) is 0 Å².